The molecule has 1 saturated carbocycles. The quantitative estimate of drug-likeness (QED) is 0.481. The van der Waals surface area contributed by atoms with Crippen LogP contribution in [0.15, 0.2) is 54.9 Å². The van der Waals surface area contributed by atoms with E-state index in [1.54, 1.807) is 20.5 Å². The van der Waals surface area contributed by atoms with Crippen LogP contribution in [-0.2, 0) is 6.54 Å². The van der Waals surface area contributed by atoms with Crippen LogP contribution in [0.5, 0.6) is 11.5 Å². The highest BCUT2D eigenvalue weighted by atomic mass is 16.5. The number of nitrogens with one attached hydrogen (secondary N) is 1. The molecule has 32 heavy (non-hydrogen) atoms. The lowest BCUT2D eigenvalue weighted by molar-refractivity contribution is 0.0951. The number of benzene rings is 2. The van der Waals surface area contributed by atoms with Crippen molar-refractivity contribution in [2.75, 3.05) is 14.2 Å². The molecule has 2 heterocycles. The van der Waals surface area contributed by atoms with Gasteiger partial charge in [-0.3, -0.25) is 4.79 Å². The predicted molar refractivity (Wildman–Crippen MR) is 120 cm³/mol. The molecule has 5 rings (SSSR count). The summed E-state index contributed by atoms with van der Waals surface area (Å²) < 4.78 is 12.8. The highest BCUT2D eigenvalue weighted by Gasteiger charge is 2.26. The molecule has 8 heteroatoms. The number of pyridine rings is 1. The van der Waals surface area contributed by atoms with Crippen LogP contribution in [-0.4, -0.2) is 39.9 Å². The Morgan fingerprint density at radius 2 is 1.91 bits per heavy atom. The molecule has 1 N–H and O–H groups in total. The number of carbonyl (C=O) groups excluding carboxylic acids is 1. The van der Waals surface area contributed by atoms with Crippen molar-refractivity contribution in [2.24, 2.45) is 0 Å². The van der Waals surface area contributed by atoms with Crippen molar-refractivity contribution >= 4 is 16.8 Å². The molecule has 0 aliphatic heterocycles. The molecule has 1 fully saturated rings. The number of para-hydroxylation sites is 1. The van der Waals surface area contributed by atoms with Gasteiger partial charge in [-0.25, -0.2) is 4.98 Å². The molecule has 0 atom stereocenters. The first-order valence-corrected chi connectivity index (χ1v) is 10.5. The van der Waals surface area contributed by atoms with Gasteiger partial charge in [0.05, 0.1) is 37.5 Å². The Morgan fingerprint density at radius 1 is 1.09 bits per heavy atom. The third-order valence-electron chi connectivity index (χ3n) is 5.63. The Balaban J connectivity index is 1.49. The van der Waals surface area contributed by atoms with E-state index in [9.17, 15) is 4.79 Å². The molecular formula is C24H23N5O3. The lowest BCUT2D eigenvalue weighted by atomic mass is 10.0. The van der Waals surface area contributed by atoms with Crippen LogP contribution in [0.4, 0.5) is 0 Å². The van der Waals surface area contributed by atoms with Crippen LogP contribution in [0, 0.1) is 0 Å². The van der Waals surface area contributed by atoms with Crippen LogP contribution in [0.1, 0.15) is 35.1 Å². The summed E-state index contributed by atoms with van der Waals surface area (Å²) in [6.45, 7) is 0.317. The summed E-state index contributed by atoms with van der Waals surface area (Å²) in [6.07, 6.45) is 3.99. The van der Waals surface area contributed by atoms with Crippen LogP contribution in [0.25, 0.3) is 22.2 Å². The Labute approximate surface area is 185 Å². The maximum atomic E-state index is 13.2. The zero-order valence-electron chi connectivity index (χ0n) is 17.9. The highest BCUT2D eigenvalue weighted by Crippen LogP contribution is 2.35. The number of amides is 1. The van der Waals surface area contributed by atoms with Crippen LogP contribution in [0.3, 0.4) is 0 Å². The van der Waals surface area contributed by atoms with E-state index in [-0.39, 0.29) is 5.91 Å². The molecule has 1 aliphatic rings. The van der Waals surface area contributed by atoms with E-state index >= 15 is 0 Å². The van der Waals surface area contributed by atoms with E-state index in [0.717, 1.165) is 35.1 Å². The van der Waals surface area contributed by atoms with Crippen molar-refractivity contribution in [1.29, 1.82) is 0 Å². The van der Waals surface area contributed by atoms with Gasteiger partial charge < -0.3 is 19.4 Å². The summed E-state index contributed by atoms with van der Waals surface area (Å²) in [5.41, 5.74) is 2.80. The van der Waals surface area contributed by atoms with E-state index in [1.807, 2.05) is 53.1 Å². The average Bonchev–Trinajstić information content (AvgIpc) is 3.58. The monoisotopic (exact) mass is 429 g/mol. The molecule has 0 bridgehead atoms. The first-order valence-electron chi connectivity index (χ1n) is 10.5. The second kappa shape index (κ2) is 8.30. The van der Waals surface area contributed by atoms with Crippen molar-refractivity contribution in [2.45, 2.75) is 25.4 Å². The molecule has 8 nitrogen and oxygen atoms in total. The predicted octanol–water partition coefficient (Wildman–Crippen LogP) is 3.78. The van der Waals surface area contributed by atoms with Gasteiger partial charge >= 0.3 is 0 Å². The average molecular weight is 429 g/mol. The number of carbonyl (C=O) groups is 1. The highest BCUT2D eigenvalue weighted by molar-refractivity contribution is 6.07. The Kier molecular flexibility index (Phi) is 5.18. The van der Waals surface area contributed by atoms with Gasteiger partial charge in [0.15, 0.2) is 17.3 Å². The minimum Gasteiger partial charge on any atom is -0.493 e. The van der Waals surface area contributed by atoms with Crippen molar-refractivity contribution in [1.82, 2.24) is 25.1 Å². The summed E-state index contributed by atoms with van der Waals surface area (Å²) in [4.78, 5) is 18.0. The first-order chi connectivity index (χ1) is 15.7. The van der Waals surface area contributed by atoms with Crippen molar-refractivity contribution in [3.8, 4) is 22.8 Å². The van der Waals surface area contributed by atoms with E-state index in [4.69, 9.17) is 14.5 Å². The van der Waals surface area contributed by atoms with E-state index in [2.05, 4.69) is 15.5 Å². The number of aromatic nitrogens is 4. The van der Waals surface area contributed by atoms with Gasteiger partial charge in [-0.1, -0.05) is 18.2 Å². The normalized spacial score (nSPS) is 13.2. The molecule has 2 aromatic carbocycles. The van der Waals surface area contributed by atoms with Gasteiger partial charge in [0.2, 0.25) is 0 Å². The second-order valence-corrected chi connectivity index (χ2v) is 7.71. The smallest absolute Gasteiger partial charge is 0.252 e. The zero-order valence-corrected chi connectivity index (χ0v) is 17.9. The number of hydrogen-bond acceptors (Lipinski definition) is 6. The van der Waals surface area contributed by atoms with Crippen LogP contribution >= 0.6 is 0 Å². The number of rotatable bonds is 7. The third-order valence-corrected chi connectivity index (χ3v) is 5.63. The molecule has 0 spiro atoms. The maximum absolute atomic E-state index is 13.2. The lowest BCUT2D eigenvalue weighted by Crippen LogP contribution is -2.25. The zero-order chi connectivity index (χ0) is 22.1. The molecule has 162 valence electrons. The Hall–Kier alpha value is -3.94. The standard InChI is InChI=1S/C24H23N5O3/c1-31-21-10-7-15(11-22(21)32-2)20-12-18(17-5-3-4-6-19(17)27-20)24(30)25-13-23-28-26-14-29(23)16-8-9-16/h3-7,10-12,14,16H,8-9,13H2,1-2H3,(H,25,30). The molecule has 0 unspecified atom stereocenters. The van der Waals surface area contributed by atoms with Gasteiger partial charge in [0.25, 0.3) is 5.91 Å². The van der Waals surface area contributed by atoms with E-state index in [0.29, 0.717) is 35.3 Å². The Morgan fingerprint density at radius 3 is 2.69 bits per heavy atom. The summed E-state index contributed by atoms with van der Waals surface area (Å²) in [6, 6.07) is 15.5. The molecule has 2 aromatic heterocycles. The number of hydrogen-bond donors (Lipinski definition) is 1. The molecular weight excluding hydrogens is 406 g/mol. The van der Waals surface area contributed by atoms with Gasteiger partial charge in [-0.2, -0.15) is 0 Å². The van der Waals surface area contributed by atoms with Crippen LogP contribution < -0.4 is 14.8 Å². The van der Waals surface area contributed by atoms with Crippen molar-refractivity contribution in [3.63, 3.8) is 0 Å². The molecule has 0 saturated heterocycles. The minimum absolute atomic E-state index is 0.185. The summed E-state index contributed by atoms with van der Waals surface area (Å²) >= 11 is 0. The van der Waals surface area contributed by atoms with Crippen molar-refractivity contribution < 1.29 is 14.3 Å². The summed E-state index contributed by atoms with van der Waals surface area (Å²) in [7, 11) is 3.19. The first kappa shape index (κ1) is 20.0. The number of nitrogens with zero attached hydrogens (tertiary/aromatic N) is 4. The Bertz CT molecular complexity index is 1300. The SMILES string of the molecule is COc1ccc(-c2cc(C(=O)NCc3nncn3C3CC3)c3ccccc3n2)cc1OC. The van der Waals surface area contributed by atoms with E-state index in [1.165, 1.54) is 0 Å². The second-order valence-electron chi connectivity index (χ2n) is 7.71. The maximum Gasteiger partial charge on any atom is 0.252 e. The van der Waals surface area contributed by atoms with E-state index < -0.39 is 0 Å². The van der Waals surface area contributed by atoms with Gasteiger partial charge in [-0.15, -0.1) is 10.2 Å². The molecule has 4 aromatic rings. The van der Waals surface area contributed by atoms with Crippen LogP contribution in [0.2, 0.25) is 0 Å². The lowest BCUT2D eigenvalue weighted by Gasteiger charge is -2.13. The summed E-state index contributed by atoms with van der Waals surface area (Å²) in [5, 5.41) is 12.0. The fourth-order valence-corrected chi connectivity index (χ4v) is 3.81. The number of methoxy groups -OCH3 is 2. The summed E-state index contributed by atoms with van der Waals surface area (Å²) in [5.74, 6) is 1.81. The number of fused-ring (bicyclic) bond motifs is 1. The number of ether oxygens (including phenoxy) is 2. The third kappa shape index (κ3) is 3.75. The fraction of sp³-hybridized carbons (Fsp3) is 0.250. The topological polar surface area (TPSA) is 91.2 Å². The fourth-order valence-electron chi connectivity index (χ4n) is 3.81. The van der Waals surface area contributed by atoms with Gasteiger partial charge in [-0.05, 0) is 43.2 Å². The van der Waals surface area contributed by atoms with Gasteiger partial charge in [0, 0.05) is 17.0 Å². The molecule has 1 amide bonds. The minimum atomic E-state index is -0.185. The van der Waals surface area contributed by atoms with Gasteiger partial charge in [0.1, 0.15) is 6.33 Å². The van der Waals surface area contributed by atoms with Crippen molar-refractivity contribution in [3.05, 3.63) is 66.2 Å². The molecule has 0 radical (unpaired) electrons. The largest absolute Gasteiger partial charge is 0.493 e. The molecule has 1 aliphatic carbocycles.